The summed E-state index contributed by atoms with van der Waals surface area (Å²) in [5.41, 5.74) is 2.52. The number of nitrogens with one attached hydrogen (secondary N) is 1. The van der Waals surface area contributed by atoms with Crippen LogP contribution in [0.2, 0.25) is 0 Å². The Bertz CT molecular complexity index is 547. The van der Waals surface area contributed by atoms with E-state index in [0.29, 0.717) is 13.0 Å². The molecule has 1 saturated heterocycles. The Labute approximate surface area is 145 Å². The summed E-state index contributed by atoms with van der Waals surface area (Å²) in [6.45, 7) is 8.13. The predicted molar refractivity (Wildman–Crippen MR) is 99.1 cm³/mol. The third kappa shape index (κ3) is 5.55. The molecule has 0 bridgehead atoms. The number of hydrogen-bond acceptors (Lipinski definition) is 2. The number of hydrogen-bond donors (Lipinski definition) is 1. The van der Waals surface area contributed by atoms with Gasteiger partial charge in [-0.05, 0) is 32.3 Å². The topological polar surface area (TPSA) is 47.9 Å². The van der Waals surface area contributed by atoms with Gasteiger partial charge in [-0.15, -0.1) is 0 Å². The molecule has 0 unspecified atom stereocenters. The summed E-state index contributed by atoms with van der Waals surface area (Å²) in [7, 11) is 2.03. The largest absolute Gasteiger partial charge is 0.357 e. The molecule has 1 aliphatic heterocycles. The van der Waals surface area contributed by atoms with E-state index in [-0.39, 0.29) is 5.91 Å². The van der Waals surface area contributed by atoms with Crippen molar-refractivity contribution in [3.05, 3.63) is 35.4 Å². The van der Waals surface area contributed by atoms with E-state index in [9.17, 15) is 4.79 Å². The molecular weight excluding hydrogens is 300 g/mol. The number of carbonyl (C=O) groups excluding carboxylic acids is 1. The van der Waals surface area contributed by atoms with E-state index in [4.69, 9.17) is 0 Å². The van der Waals surface area contributed by atoms with E-state index in [1.54, 1.807) is 0 Å². The van der Waals surface area contributed by atoms with E-state index < -0.39 is 0 Å². The molecule has 0 radical (unpaired) electrons. The van der Waals surface area contributed by atoms with Crippen LogP contribution in [0.1, 0.15) is 37.3 Å². The minimum Gasteiger partial charge on any atom is -0.357 e. The first kappa shape index (κ1) is 18.3. The number of aryl methyl sites for hydroxylation is 1. The highest BCUT2D eigenvalue weighted by Crippen LogP contribution is 2.09. The van der Waals surface area contributed by atoms with Crippen LogP contribution in [0.15, 0.2) is 29.3 Å². The van der Waals surface area contributed by atoms with E-state index in [1.165, 1.54) is 11.1 Å². The van der Waals surface area contributed by atoms with Crippen LogP contribution < -0.4 is 5.32 Å². The van der Waals surface area contributed by atoms with Crippen molar-refractivity contribution in [1.29, 1.82) is 0 Å². The average Bonchev–Trinajstić information content (AvgIpc) is 3.10. The SMILES string of the molecule is CCNC(=NCCC(=O)N1CCCC1)N(C)Cc1ccc(C)cc1. The van der Waals surface area contributed by atoms with Crippen molar-refractivity contribution < 1.29 is 4.79 Å². The van der Waals surface area contributed by atoms with Crippen LogP contribution >= 0.6 is 0 Å². The van der Waals surface area contributed by atoms with Gasteiger partial charge in [0.2, 0.25) is 5.91 Å². The van der Waals surface area contributed by atoms with E-state index >= 15 is 0 Å². The van der Waals surface area contributed by atoms with Crippen LogP contribution in [-0.4, -0.2) is 54.9 Å². The second-order valence-corrected chi connectivity index (χ2v) is 6.42. The number of guanidine groups is 1. The Morgan fingerprint density at radius 2 is 1.92 bits per heavy atom. The van der Waals surface area contributed by atoms with Crippen molar-refractivity contribution in [3.63, 3.8) is 0 Å². The van der Waals surface area contributed by atoms with Gasteiger partial charge in [-0.3, -0.25) is 9.79 Å². The van der Waals surface area contributed by atoms with Gasteiger partial charge in [-0.25, -0.2) is 0 Å². The van der Waals surface area contributed by atoms with Crippen molar-refractivity contribution in [3.8, 4) is 0 Å². The summed E-state index contributed by atoms with van der Waals surface area (Å²) in [5.74, 6) is 1.08. The Kier molecular flexibility index (Phi) is 7.09. The fourth-order valence-corrected chi connectivity index (χ4v) is 2.89. The Morgan fingerprint density at radius 3 is 2.54 bits per heavy atom. The maximum absolute atomic E-state index is 12.1. The number of aliphatic imine (C=N–C) groups is 1. The van der Waals surface area contributed by atoms with Crippen LogP contribution in [0.3, 0.4) is 0 Å². The molecule has 1 aromatic rings. The van der Waals surface area contributed by atoms with E-state index in [2.05, 4.69) is 53.3 Å². The number of likely N-dealkylation sites (tertiary alicyclic amines) is 1. The summed E-state index contributed by atoms with van der Waals surface area (Å²) in [6.07, 6.45) is 2.77. The summed E-state index contributed by atoms with van der Waals surface area (Å²) < 4.78 is 0. The molecular formula is C19H30N4O. The van der Waals surface area contributed by atoms with Gasteiger partial charge < -0.3 is 15.1 Å². The van der Waals surface area contributed by atoms with Gasteiger partial charge in [0.15, 0.2) is 5.96 Å². The number of rotatable bonds is 6. The predicted octanol–water partition coefficient (Wildman–Crippen LogP) is 2.40. The molecule has 1 aromatic carbocycles. The fourth-order valence-electron chi connectivity index (χ4n) is 2.89. The Morgan fingerprint density at radius 1 is 1.25 bits per heavy atom. The molecule has 24 heavy (non-hydrogen) atoms. The minimum atomic E-state index is 0.230. The number of amides is 1. The average molecular weight is 330 g/mol. The lowest BCUT2D eigenvalue weighted by Crippen LogP contribution is -2.38. The summed E-state index contributed by atoms with van der Waals surface area (Å²) in [6, 6.07) is 8.54. The lowest BCUT2D eigenvalue weighted by atomic mass is 10.1. The monoisotopic (exact) mass is 330 g/mol. The smallest absolute Gasteiger partial charge is 0.224 e. The van der Waals surface area contributed by atoms with Gasteiger partial charge in [0, 0.05) is 39.6 Å². The normalized spacial score (nSPS) is 14.8. The molecule has 132 valence electrons. The highest BCUT2D eigenvalue weighted by Gasteiger charge is 2.17. The second kappa shape index (κ2) is 9.30. The zero-order chi connectivity index (χ0) is 17.4. The summed E-state index contributed by atoms with van der Waals surface area (Å²) >= 11 is 0. The van der Waals surface area contributed by atoms with Gasteiger partial charge in [0.05, 0.1) is 6.54 Å². The molecule has 2 rings (SSSR count). The molecule has 1 fully saturated rings. The quantitative estimate of drug-likeness (QED) is 0.644. The lowest BCUT2D eigenvalue weighted by molar-refractivity contribution is -0.129. The van der Waals surface area contributed by atoms with Crippen molar-refractivity contribution in [2.45, 2.75) is 39.7 Å². The molecule has 0 saturated carbocycles. The third-order valence-corrected chi connectivity index (χ3v) is 4.28. The van der Waals surface area contributed by atoms with Crippen molar-refractivity contribution in [2.75, 3.05) is 33.2 Å². The zero-order valence-corrected chi connectivity index (χ0v) is 15.2. The Hall–Kier alpha value is -2.04. The standard InChI is InChI=1S/C19H30N4O/c1-4-20-19(21-12-11-18(24)23-13-5-6-14-23)22(3)15-17-9-7-16(2)8-10-17/h7-10H,4-6,11-15H2,1-3H3,(H,20,21). The molecule has 0 atom stereocenters. The number of benzene rings is 1. The summed E-state index contributed by atoms with van der Waals surface area (Å²) in [4.78, 5) is 20.8. The minimum absolute atomic E-state index is 0.230. The van der Waals surface area contributed by atoms with E-state index in [1.807, 2.05) is 11.9 Å². The number of carbonyl (C=O) groups is 1. The van der Waals surface area contributed by atoms with Crippen molar-refractivity contribution in [2.24, 2.45) is 4.99 Å². The third-order valence-electron chi connectivity index (χ3n) is 4.28. The van der Waals surface area contributed by atoms with Gasteiger partial charge in [-0.1, -0.05) is 29.8 Å². The maximum Gasteiger partial charge on any atom is 0.224 e. The first-order chi connectivity index (χ1) is 11.6. The lowest BCUT2D eigenvalue weighted by Gasteiger charge is -2.22. The fraction of sp³-hybridized carbons (Fsp3) is 0.579. The molecule has 1 amide bonds. The molecule has 1 N–H and O–H groups in total. The molecule has 5 heteroatoms. The van der Waals surface area contributed by atoms with Crippen LogP contribution in [0.25, 0.3) is 0 Å². The highest BCUT2D eigenvalue weighted by atomic mass is 16.2. The molecule has 0 spiro atoms. The summed E-state index contributed by atoms with van der Waals surface area (Å²) in [5, 5.41) is 3.31. The Balaban J connectivity index is 1.88. The zero-order valence-electron chi connectivity index (χ0n) is 15.2. The highest BCUT2D eigenvalue weighted by molar-refractivity contribution is 5.81. The van der Waals surface area contributed by atoms with Gasteiger partial charge in [-0.2, -0.15) is 0 Å². The van der Waals surface area contributed by atoms with Crippen molar-refractivity contribution in [1.82, 2.24) is 15.1 Å². The molecule has 5 nitrogen and oxygen atoms in total. The van der Waals surface area contributed by atoms with Gasteiger partial charge in [0.1, 0.15) is 0 Å². The van der Waals surface area contributed by atoms with Crippen LogP contribution in [0, 0.1) is 6.92 Å². The molecule has 0 aromatic heterocycles. The van der Waals surface area contributed by atoms with Crippen LogP contribution in [0.5, 0.6) is 0 Å². The molecule has 1 heterocycles. The van der Waals surface area contributed by atoms with Crippen LogP contribution in [0.4, 0.5) is 0 Å². The first-order valence-corrected chi connectivity index (χ1v) is 8.93. The first-order valence-electron chi connectivity index (χ1n) is 8.93. The van der Waals surface area contributed by atoms with Gasteiger partial charge in [0.25, 0.3) is 0 Å². The second-order valence-electron chi connectivity index (χ2n) is 6.42. The van der Waals surface area contributed by atoms with Crippen LogP contribution in [-0.2, 0) is 11.3 Å². The maximum atomic E-state index is 12.1. The number of nitrogens with zero attached hydrogens (tertiary/aromatic N) is 3. The van der Waals surface area contributed by atoms with E-state index in [0.717, 1.165) is 45.0 Å². The molecule has 1 aliphatic rings. The molecule has 0 aliphatic carbocycles. The van der Waals surface area contributed by atoms with Crippen molar-refractivity contribution >= 4 is 11.9 Å². The van der Waals surface area contributed by atoms with Gasteiger partial charge >= 0.3 is 0 Å².